The van der Waals surface area contributed by atoms with E-state index in [1.807, 2.05) is 6.07 Å². The smallest absolute Gasteiger partial charge is 0.293 e. The lowest BCUT2D eigenvalue weighted by Crippen LogP contribution is -2.23. The van der Waals surface area contributed by atoms with E-state index in [0.717, 1.165) is 5.56 Å². The summed E-state index contributed by atoms with van der Waals surface area (Å²) in [6.45, 7) is 1.97. The number of aromatic nitrogens is 3. The highest BCUT2D eigenvalue weighted by Crippen LogP contribution is 2.13. The molecule has 2 amide bonds. The summed E-state index contributed by atoms with van der Waals surface area (Å²) in [7, 11) is 1.71. The van der Waals surface area contributed by atoms with E-state index in [0.29, 0.717) is 12.2 Å². The van der Waals surface area contributed by atoms with Crippen molar-refractivity contribution in [2.45, 2.75) is 13.5 Å². The Morgan fingerprint density at radius 2 is 2.19 bits per heavy atom. The molecule has 0 saturated heterocycles. The van der Waals surface area contributed by atoms with Crippen molar-refractivity contribution in [1.29, 1.82) is 0 Å². The van der Waals surface area contributed by atoms with Crippen molar-refractivity contribution in [2.75, 3.05) is 18.1 Å². The predicted octanol–water partition coefficient (Wildman–Crippen LogP) is 0.617. The number of anilines is 2. The highest BCUT2D eigenvalue weighted by atomic mass is 16.2. The van der Waals surface area contributed by atoms with E-state index in [9.17, 15) is 9.59 Å². The Morgan fingerprint density at radius 3 is 2.81 bits per heavy atom. The molecule has 21 heavy (non-hydrogen) atoms. The Morgan fingerprint density at radius 1 is 1.43 bits per heavy atom. The maximum absolute atomic E-state index is 11.9. The maximum Gasteiger partial charge on any atom is 0.293 e. The Hall–Kier alpha value is -2.90. The van der Waals surface area contributed by atoms with Crippen LogP contribution >= 0.6 is 0 Å². The second-order valence-corrected chi connectivity index (χ2v) is 4.57. The number of hydrogen-bond acceptors (Lipinski definition) is 5. The summed E-state index contributed by atoms with van der Waals surface area (Å²) in [4.78, 5) is 28.5. The van der Waals surface area contributed by atoms with Gasteiger partial charge in [0.05, 0.1) is 0 Å². The standard InChI is InChI=1S/C13H16N6O2/c1-8(20)19(2)7-9-4-3-5-10(6-9)15-12(21)11-16-13(14)18-17-11/h3-6H,7H2,1-2H3,(H,15,21)(H3,14,16,17,18). The fourth-order valence-corrected chi connectivity index (χ4v) is 1.70. The lowest BCUT2D eigenvalue weighted by atomic mass is 10.2. The largest absolute Gasteiger partial charge is 0.366 e. The third-order valence-corrected chi connectivity index (χ3v) is 2.86. The van der Waals surface area contributed by atoms with Gasteiger partial charge in [0.2, 0.25) is 17.7 Å². The van der Waals surface area contributed by atoms with E-state index in [1.54, 1.807) is 30.1 Å². The van der Waals surface area contributed by atoms with Crippen LogP contribution in [-0.2, 0) is 11.3 Å². The highest BCUT2D eigenvalue weighted by Gasteiger charge is 2.11. The van der Waals surface area contributed by atoms with Crippen LogP contribution < -0.4 is 11.1 Å². The van der Waals surface area contributed by atoms with E-state index in [2.05, 4.69) is 20.5 Å². The summed E-state index contributed by atoms with van der Waals surface area (Å²) in [5.41, 5.74) is 6.85. The molecule has 1 aromatic heterocycles. The molecule has 4 N–H and O–H groups in total. The van der Waals surface area contributed by atoms with Gasteiger partial charge in [0.1, 0.15) is 0 Å². The number of rotatable bonds is 4. The van der Waals surface area contributed by atoms with Gasteiger partial charge in [0.15, 0.2) is 0 Å². The van der Waals surface area contributed by atoms with Crippen LogP contribution in [0.4, 0.5) is 11.6 Å². The van der Waals surface area contributed by atoms with Gasteiger partial charge in [-0.05, 0) is 17.7 Å². The third kappa shape index (κ3) is 3.78. The number of amides is 2. The van der Waals surface area contributed by atoms with E-state index in [4.69, 9.17) is 5.73 Å². The number of aromatic amines is 1. The van der Waals surface area contributed by atoms with Crippen LogP contribution in [0.25, 0.3) is 0 Å². The first-order chi connectivity index (χ1) is 9.95. The summed E-state index contributed by atoms with van der Waals surface area (Å²) in [6, 6.07) is 7.21. The molecular weight excluding hydrogens is 272 g/mol. The molecule has 2 rings (SSSR count). The number of nitrogens with zero attached hydrogens (tertiary/aromatic N) is 3. The van der Waals surface area contributed by atoms with Crippen LogP contribution in [0, 0.1) is 0 Å². The van der Waals surface area contributed by atoms with Gasteiger partial charge < -0.3 is 16.0 Å². The number of nitrogens with one attached hydrogen (secondary N) is 2. The van der Waals surface area contributed by atoms with Crippen molar-refractivity contribution in [3.63, 3.8) is 0 Å². The van der Waals surface area contributed by atoms with Gasteiger partial charge in [0.25, 0.3) is 5.91 Å². The summed E-state index contributed by atoms with van der Waals surface area (Å²) in [6.07, 6.45) is 0. The molecule has 0 aliphatic rings. The fourth-order valence-electron chi connectivity index (χ4n) is 1.70. The average molecular weight is 288 g/mol. The average Bonchev–Trinajstić information content (AvgIpc) is 2.86. The molecule has 8 nitrogen and oxygen atoms in total. The first-order valence-electron chi connectivity index (χ1n) is 6.25. The molecule has 0 saturated carbocycles. The number of carbonyl (C=O) groups is 2. The molecule has 0 spiro atoms. The SMILES string of the molecule is CC(=O)N(C)Cc1cccc(NC(=O)c2nc(N)n[nH]2)c1. The second kappa shape index (κ2) is 6.04. The molecule has 1 heterocycles. The molecule has 0 radical (unpaired) electrons. The first-order valence-corrected chi connectivity index (χ1v) is 6.25. The Kier molecular flexibility index (Phi) is 4.17. The normalized spacial score (nSPS) is 10.2. The Bertz CT molecular complexity index is 666. The zero-order valence-corrected chi connectivity index (χ0v) is 11.8. The molecule has 0 aliphatic carbocycles. The lowest BCUT2D eigenvalue weighted by molar-refractivity contribution is -0.128. The van der Waals surface area contributed by atoms with Gasteiger partial charge in [-0.1, -0.05) is 12.1 Å². The van der Waals surface area contributed by atoms with Gasteiger partial charge in [-0.25, -0.2) is 0 Å². The topological polar surface area (TPSA) is 117 Å². The number of H-pyrrole nitrogens is 1. The molecular formula is C13H16N6O2. The molecule has 0 bridgehead atoms. The zero-order chi connectivity index (χ0) is 15.4. The highest BCUT2D eigenvalue weighted by molar-refractivity contribution is 6.01. The van der Waals surface area contributed by atoms with E-state index in [-0.39, 0.29) is 17.7 Å². The van der Waals surface area contributed by atoms with Crippen LogP contribution in [0.5, 0.6) is 0 Å². The molecule has 1 aromatic carbocycles. The fraction of sp³-hybridized carbons (Fsp3) is 0.231. The quantitative estimate of drug-likeness (QED) is 0.762. The number of benzene rings is 1. The van der Waals surface area contributed by atoms with Gasteiger partial charge in [0, 0.05) is 26.2 Å². The van der Waals surface area contributed by atoms with Crippen molar-refractivity contribution in [2.24, 2.45) is 0 Å². The summed E-state index contributed by atoms with van der Waals surface area (Å²) >= 11 is 0. The molecule has 0 aliphatic heterocycles. The summed E-state index contributed by atoms with van der Waals surface area (Å²) < 4.78 is 0. The minimum absolute atomic E-state index is 0.0111. The lowest BCUT2D eigenvalue weighted by Gasteiger charge is -2.15. The maximum atomic E-state index is 11.9. The summed E-state index contributed by atoms with van der Waals surface area (Å²) in [5.74, 6) is -0.409. The number of nitrogen functional groups attached to an aromatic ring is 1. The van der Waals surface area contributed by atoms with E-state index < -0.39 is 5.91 Å². The monoisotopic (exact) mass is 288 g/mol. The minimum Gasteiger partial charge on any atom is -0.366 e. The molecule has 0 unspecified atom stereocenters. The first kappa shape index (κ1) is 14.5. The Balaban J connectivity index is 2.07. The van der Waals surface area contributed by atoms with Crippen molar-refractivity contribution < 1.29 is 9.59 Å². The molecule has 8 heteroatoms. The van der Waals surface area contributed by atoms with Crippen LogP contribution in [0.1, 0.15) is 23.1 Å². The van der Waals surface area contributed by atoms with Crippen molar-refractivity contribution in [3.05, 3.63) is 35.7 Å². The number of nitrogens with two attached hydrogens (primary N) is 1. The van der Waals surface area contributed by atoms with Crippen LogP contribution in [0.3, 0.4) is 0 Å². The zero-order valence-electron chi connectivity index (χ0n) is 11.8. The molecule has 0 atom stereocenters. The summed E-state index contributed by atoms with van der Waals surface area (Å²) in [5, 5.41) is 8.71. The van der Waals surface area contributed by atoms with Crippen molar-refractivity contribution in [1.82, 2.24) is 20.1 Å². The van der Waals surface area contributed by atoms with Crippen LogP contribution in [-0.4, -0.2) is 38.9 Å². The third-order valence-electron chi connectivity index (χ3n) is 2.86. The molecule has 0 fully saturated rings. The van der Waals surface area contributed by atoms with E-state index >= 15 is 0 Å². The Labute approximate surface area is 121 Å². The van der Waals surface area contributed by atoms with Gasteiger partial charge >= 0.3 is 0 Å². The predicted molar refractivity (Wildman–Crippen MR) is 77.3 cm³/mol. The van der Waals surface area contributed by atoms with Crippen molar-refractivity contribution in [3.8, 4) is 0 Å². The van der Waals surface area contributed by atoms with Crippen LogP contribution in [0.2, 0.25) is 0 Å². The van der Waals surface area contributed by atoms with Gasteiger partial charge in [-0.2, -0.15) is 4.98 Å². The molecule has 2 aromatic rings. The van der Waals surface area contributed by atoms with Gasteiger partial charge in [-0.15, -0.1) is 5.10 Å². The van der Waals surface area contributed by atoms with Crippen LogP contribution in [0.15, 0.2) is 24.3 Å². The number of hydrogen-bond donors (Lipinski definition) is 3. The van der Waals surface area contributed by atoms with Gasteiger partial charge in [-0.3, -0.25) is 14.7 Å². The number of carbonyl (C=O) groups excluding carboxylic acids is 2. The molecule has 110 valence electrons. The minimum atomic E-state index is -0.434. The second-order valence-electron chi connectivity index (χ2n) is 4.57. The van der Waals surface area contributed by atoms with Crippen molar-refractivity contribution >= 4 is 23.5 Å². The van der Waals surface area contributed by atoms with E-state index in [1.165, 1.54) is 6.92 Å².